The summed E-state index contributed by atoms with van der Waals surface area (Å²) in [7, 11) is 1.53. The van der Waals surface area contributed by atoms with Gasteiger partial charge in [-0.3, -0.25) is 0 Å². The monoisotopic (exact) mass is 240 g/mol. The molecule has 1 rings (SSSR count). The van der Waals surface area contributed by atoms with Gasteiger partial charge in [-0.25, -0.2) is 0 Å². The van der Waals surface area contributed by atoms with E-state index >= 15 is 0 Å². The van der Waals surface area contributed by atoms with Crippen LogP contribution in [0.5, 0.6) is 5.75 Å². The Labute approximate surface area is 102 Å². The number of rotatable bonds is 7. The highest BCUT2D eigenvalue weighted by molar-refractivity contribution is 5.35. The fraction of sp³-hybridized carbons (Fsp3) is 0.538. The Hall–Kier alpha value is -1.10. The Bertz CT molecular complexity index is 327. The van der Waals surface area contributed by atoms with Crippen molar-refractivity contribution in [2.75, 3.05) is 20.3 Å². The second kappa shape index (κ2) is 7.27. The molecule has 1 unspecified atom stereocenters. The number of aliphatic hydroxyl groups excluding tert-OH is 2. The maximum absolute atomic E-state index is 9.81. The van der Waals surface area contributed by atoms with Crippen molar-refractivity contribution in [3.63, 3.8) is 0 Å². The molecule has 0 aliphatic heterocycles. The van der Waals surface area contributed by atoms with E-state index in [1.807, 2.05) is 25.1 Å². The lowest BCUT2D eigenvalue weighted by Gasteiger charge is -2.16. The molecular formula is C13H20O4. The Balaban J connectivity index is 2.63. The third-order valence-electron chi connectivity index (χ3n) is 2.45. The van der Waals surface area contributed by atoms with E-state index in [4.69, 9.17) is 9.47 Å². The van der Waals surface area contributed by atoms with E-state index in [0.29, 0.717) is 12.2 Å². The van der Waals surface area contributed by atoms with E-state index < -0.39 is 12.2 Å². The quantitative estimate of drug-likeness (QED) is 0.758. The molecule has 2 N–H and O–H groups in total. The first-order valence-corrected chi connectivity index (χ1v) is 5.75. The zero-order valence-electron chi connectivity index (χ0n) is 10.3. The molecule has 1 aromatic carbocycles. The average Bonchev–Trinajstić information content (AvgIpc) is 2.36. The first-order valence-electron chi connectivity index (χ1n) is 5.75. The number of hydrogen-bond acceptors (Lipinski definition) is 4. The van der Waals surface area contributed by atoms with Crippen molar-refractivity contribution in [3.05, 3.63) is 29.8 Å². The third-order valence-corrected chi connectivity index (χ3v) is 2.45. The van der Waals surface area contributed by atoms with Crippen molar-refractivity contribution in [3.8, 4) is 5.75 Å². The number of para-hydroxylation sites is 1. The van der Waals surface area contributed by atoms with Crippen LogP contribution in [0, 0.1) is 0 Å². The molecule has 0 aromatic heterocycles. The molecular weight excluding hydrogens is 220 g/mol. The van der Waals surface area contributed by atoms with Gasteiger partial charge in [0.1, 0.15) is 18.5 Å². The average molecular weight is 240 g/mol. The first kappa shape index (κ1) is 14.0. The molecule has 1 aromatic rings. The molecule has 4 heteroatoms. The van der Waals surface area contributed by atoms with Gasteiger partial charge in [-0.2, -0.15) is 0 Å². The summed E-state index contributed by atoms with van der Waals surface area (Å²) >= 11 is 0. The van der Waals surface area contributed by atoms with Crippen molar-refractivity contribution < 1.29 is 19.7 Å². The van der Waals surface area contributed by atoms with Gasteiger partial charge in [-0.05, 0) is 12.5 Å². The molecule has 0 bridgehead atoms. The lowest BCUT2D eigenvalue weighted by atomic mass is 10.1. The van der Waals surface area contributed by atoms with E-state index in [1.54, 1.807) is 6.07 Å². The van der Waals surface area contributed by atoms with Gasteiger partial charge >= 0.3 is 0 Å². The van der Waals surface area contributed by atoms with Crippen molar-refractivity contribution in [1.29, 1.82) is 0 Å². The van der Waals surface area contributed by atoms with Crippen LogP contribution in [0.25, 0.3) is 0 Å². The van der Waals surface area contributed by atoms with Crippen LogP contribution in [-0.2, 0) is 4.74 Å². The van der Waals surface area contributed by atoms with Crippen molar-refractivity contribution in [2.45, 2.75) is 25.6 Å². The standard InChI is InChI=1S/C13H20O4/c1-3-12(15)11-6-4-5-7-13(11)17-9-10(14)8-16-2/h4-7,10,12,14-15H,3,8-9H2,1-2H3/t10?,12-/m1/s1. The lowest BCUT2D eigenvalue weighted by molar-refractivity contribution is 0.0315. The van der Waals surface area contributed by atoms with Gasteiger partial charge in [0.2, 0.25) is 0 Å². The maximum Gasteiger partial charge on any atom is 0.125 e. The molecule has 0 amide bonds. The fourth-order valence-corrected chi connectivity index (χ4v) is 1.53. The SMILES string of the molecule is CC[C@@H](O)c1ccccc1OCC(O)COC. The van der Waals surface area contributed by atoms with E-state index in [9.17, 15) is 10.2 Å². The summed E-state index contributed by atoms with van der Waals surface area (Å²) in [6, 6.07) is 7.30. The summed E-state index contributed by atoms with van der Waals surface area (Å²) in [6.07, 6.45) is -0.571. The van der Waals surface area contributed by atoms with Crippen LogP contribution in [0.15, 0.2) is 24.3 Å². The molecule has 0 saturated carbocycles. The maximum atomic E-state index is 9.81. The Morgan fingerprint density at radius 1 is 1.18 bits per heavy atom. The van der Waals surface area contributed by atoms with Crippen LogP contribution >= 0.6 is 0 Å². The largest absolute Gasteiger partial charge is 0.490 e. The summed E-state index contributed by atoms with van der Waals surface area (Å²) < 4.78 is 10.3. The zero-order valence-corrected chi connectivity index (χ0v) is 10.3. The highest BCUT2D eigenvalue weighted by Crippen LogP contribution is 2.26. The molecule has 0 spiro atoms. The lowest BCUT2D eigenvalue weighted by Crippen LogP contribution is -2.23. The van der Waals surface area contributed by atoms with E-state index in [0.717, 1.165) is 5.56 Å². The Morgan fingerprint density at radius 2 is 1.88 bits per heavy atom. The van der Waals surface area contributed by atoms with Crippen LogP contribution in [0.1, 0.15) is 25.0 Å². The van der Waals surface area contributed by atoms with E-state index in [1.165, 1.54) is 7.11 Å². The summed E-state index contributed by atoms with van der Waals surface area (Å²) in [6.45, 7) is 2.29. The molecule has 96 valence electrons. The van der Waals surface area contributed by atoms with Crippen LogP contribution in [0.4, 0.5) is 0 Å². The molecule has 17 heavy (non-hydrogen) atoms. The molecule has 0 heterocycles. The highest BCUT2D eigenvalue weighted by Gasteiger charge is 2.12. The summed E-state index contributed by atoms with van der Waals surface area (Å²) in [5.41, 5.74) is 0.750. The third kappa shape index (κ3) is 4.34. The zero-order chi connectivity index (χ0) is 12.7. The van der Waals surface area contributed by atoms with E-state index in [2.05, 4.69) is 0 Å². The minimum absolute atomic E-state index is 0.154. The normalized spacial score (nSPS) is 14.4. The van der Waals surface area contributed by atoms with Gasteiger partial charge in [0.15, 0.2) is 0 Å². The summed E-state index contributed by atoms with van der Waals surface area (Å²) in [5.74, 6) is 0.608. The summed E-state index contributed by atoms with van der Waals surface area (Å²) in [4.78, 5) is 0. The second-order valence-electron chi connectivity index (χ2n) is 3.88. The van der Waals surface area contributed by atoms with Gasteiger partial charge in [-0.1, -0.05) is 25.1 Å². The van der Waals surface area contributed by atoms with Gasteiger partial charge in [0.05, 0.1) is 12.7 Å². The highest BCUT2D eigenvalue weighted by atomic mass is 16.5. The number of benzene rings is 1. The number of methoxy groups -OCH3 is 1. The predicted molar refractivity (Wildman–Crippen MR) is 65.1 cm³/mol. The molecule has 2 atom stereocenters. The van der Waals surface area contributed by atoms with Gasteiger partial charge in [0.25, 0.3) is 0 Å². The molecule has 0 aliphatic rings. The topological polar surface area (TPSA) is 58.9 Å². The van der Waals surface area contributed by atoms with Crippen LogP contribution < -0.4 is 4.74 Å². The molecule has 0 saturated heterocycles. The van der Waals surface area contributed by atoms with Crippen molar-refractivity contribution in [1.82, 2.24) is 0 Å². The number of hydrogen-bond donors (Lipinski definition) is 2. The van der Waals surface area contributed by atoms with Gasteiger partial charge < -0.3 is 19.7 Å². The molecule has 0 fully saturated rings. The first-order chi connectivity index (χ1) is 8.19. The number of ether oxygens (including phenoxy) is 2. The van der Waals surface area contributed by atoms with Gasteiger partial charge in [0, 0.05) is 12.7 Å². The predicted octanol–water partition coefficient (Wildman–Crippen LogP) is 1.52. The molecule has 0 aliphatic carbocycles. The fourth-order valence-electron chi connectivity index (χ4n) is 1.53. The molecule has 4 nitrogen and oxygen atoms in total. The van der Waals surface area contributed by atoms with Crippen molar-refractivity contribution >= 4 is 0 Å². The minimum Gasteiger partial charge on any atom is -0.490 e. The summed E-state index contributed by atoms with van der Waals surface area (Å²) in [5, 5.41) is 19.3. The minimum atomic E-state index is -0.660. The van der Waals surface area contributed by atoms with Crippen molar-refractivity contribution in [2.24, 2.45) is 0 Å². The van der Waals surface area contributed by atoms with Crippen LogP contribution in [0.3, 0.4) is 0 Å². The number of aliphatic hydroxyl groups is 2. The molecule has 0 radical (unpaired) electrons. The Morgan fingerprint density at radius 3 is 2.53 bits per heavy atom. The van der Waals surface area contributed by atoms with Gasteiger partial charge in [-0.15, -0.1) is 0 Å². The Kier molecular flexibility index (Phi) is 5.97. The van der Waals surface area contributed by atoms with Crippen LogP contribution in [0.2, 0.25) is 0 Å². The van der Waals surface area contributed by atoms with Crippen LogP contribution in [-0.4, -0.2) is 36.6 Å². The second-order valence-corrected chi connectivity index (χ2v) is 3.88. The van der Waals surface area contributed by atoms with E-state index in [-0.39, 0.29) is 13.2 Å². The smallest absolute Gasteiger partial charge is 0.125 e.